The number of aryl methyl sites for hydroxylation is 2. The Labute approximate surface area is 81.1 Å². The molecule has 2 rings (SSSR count). The number of nitrogens with two attached hydrogens (primary N) is 1. The molecule has 0 unspecified atom stereocenters. The molecule has 0 aliphatic heterocycles. The number of benzene rings is 1. The fourth-order valence-electron chi connectivity index (χ4n) is 1.61. The minimum absolute atomic E-state index is 0.155. The second-order valence-electron chi connectivity index (χ2n) is 3.49. The van der Waals surface area contributed by atoms with Crippen LogP contribution in [0.4, 0.5) is 5.69 Å². The van der Waals surface area contributed by atoms with E-state index in [1.54, 1.807) is 6.07 Å². The largest absolute Gasteiger partial charge is 0.421 e. The first-order valence-electron chi connectivity index (χ1n) is 4.38. The minimum Gasteiger partial charge on any atom is -0.421 e. The molecule has 0 fully saturated rings. The molecule has 2 N–H and O–H groups in total. The monoisotopic (exact) mass is 189 g/mol. The van der Waals surface area contributed by atoms with Crippen LogP contribution < -0.4 is 11.4 Å². The second-order valence-corrected chi connectivity index (χ2v) is 3.49. The van der Waals surface area contributed by atoms with Gasteiger partial charge in [-0.15, -0.1) is 0 Å². The summed E-state index contributed by atoms with van der Waals surface area (Å²) in [5.41, 5.74) is 7.87. The van der Waals surface area contributed by atoms with Crippen LogP contribution in [0.3, 0.4) is 0 Å². The summed E-state index contributed by atoms with van der Waals surface area (Å²) in [6.07, 6.45) is 0. The predicted molar refractivity (Wildman–Crippen MR) is 56.4 cm³/mol. The van der Waals surface area contributed by atoms with Gasteiger partial charge in [0.2, 0.25) is 0 Å². The Hall–Kier alpha value is -1.77. The van der Waals surface area contributed by atoms with E-state index in [1.165, 1.54) is 0 Å². The van der Waals surface area contributed by atoms with Crippen molar-refractivity contribution in [2.75, 3.05) is 5.73 Å². The Morgan fingerprint density at radius 2 is 1.93 bits per heavy atom. The van der Waals surface area contributed by atoms with Gasteiger partial charge in [0.25, 0.3) is 0 Å². The van der Waals surface area contributed by atoms with Crippen molar-refractivity contribution in [3.8, 4) is 0 Å². The maximum atomic E-state index is 11.2. The van der Waals surface area contributed by atoms with Crippen LogP contribution in [0.2, 0.25) is 0 Å². The van der Waals surface area contributed by atoms with Crippen molar-refractivity contribution in [2.45, 2.75) is 13.8 Å². The van der Waals surface area contributed by atoms with Gasteiger partial charge in [0.1, 0.15) is 11.3 Å². The number of nitrogen functional groups attached to an aromatic ring is 1. The Balaban J connectivity index is 2.96. The summed E-state index contributed by atoms with van der Waals surface area (Å²) in [5, 5.41) is 0.875. The second kappa shape index (κ2) is 2.87. The zero-order valence-corrected chi connectivity index (χ0v) is 8.13. The zero-order chi connectivity index (χ0) is 10.3. The van der Waals surface area contributed by atoms with Gasteiger partial charge in [0, 0.05) is 5.39 Å². The van der Waals surface area contributed by atoms with Gasteiger partial charge in [-0.25, -0.2) is 4.79 Å². The Bertz CT molecular complexity index is 555. The van der Waals surface area contributed by atoms with E-state index in [-0.39, 0.29) is 5.69 Å². The third kappa shape index (κ3) is 1.27. The molecule has 1 aromatic carbocycles. The molecule has 0 amide bonds. The highest BCUT2D eigenvalue weighted by Crippen LogP contribution is 2.20. The first-order valence-corrected chi connectivity index (χ1v) is 4.38. The van der Waals surface area contributed by atoms with Crippen LogP contribution in [0.1, 0.15) is 11.1 Å². The van der Waals surface area contributed by atoms with Crippen LogP contribution in [0.5, 0.6) is 0 Å². The summed E-state index contributed by atoms with van der Waals surface area (Å²) in [4.78, 5) is 11.2. The molecule has 2 aromatic rings. The Kier molecular flexibility index (Phi) is 1.81. The van der Waals surface area contributed by atoms with E-state index in [4.69, 9.17) is 10.2 Å². The van der Waals surface area contributed by atoms with Crippen molar-refractivity contribution in [1.29, 1.82) is 0 Å². The average Bonchev–Trinajstić information content (AvgIpc) is 2.08. The lowest BCUT2D eigenvalue weighted by Crippen LogP contribution is -2.06. The van der Waals surface area contributed by atoms with Crippen LogP contribution in [-0.4, -0.2) is 0 Å². The highest BCUT2D eigenvalue weighted by molar-refractivity contribution is 5.82. The maximum Gasteiger partial charge on any atom is 0.359 e. The van der Waals surface area contributed by atoms with Crippen LogP contribution in [0.15, 0.2) is 27.4 Å². The van der Waals surface area contributed by atoms with Crippen molar-refractivity contribution in [2.24, 2.45) is 0 Å². The number of anilines is 1. The van der Waals surface area contributed by atoms with E-state index < -0.39 is 5.63 Å². The third-order valence-electron chi connectivity index (χ3n) is 2.19. The van der Waals surface area contributed by atoms with Gasteiger partial charge in [-0.05, 0) is 31.5 Å². The molecule has 0 spiro atoms. The smallest absolute Gasteiger partial charge is 0.359 e. The van der Waals surface area contributed by atoms with Crippen LogP contribution in [-0.2, 0) is 0 Å². The lowest BCUT2D eigenvalue weighted by molar-refractivity contribution is 0.562. The molecular weight excluding hydrogens is 178 g/mol. The fraction of sp³-hybridized carbons (Fsp3) is 0.182. The van der Waals surface area contributed by atoms with Gasteiger partial charge < -0.3 is 10.2 Å². The van der Waals surface area contributed by atoms with Crippen molar-refractivity contribution in [3.63, 3.8) is 0 Å². The summed E-state index contributed by atoms with van der Waals surface area (Å²) >= 11 is 0. The van der Waals surface area contributed by atoms with Crippen molar-refractivity contribution < 1.29 is 4.42 Å². The first kappa shape index (κ1) is 8.81. The van der Waals surface area contributed by atoms with E-state index in [9.17, 15) is 4.79 Å². The average molecular weight is 189 g/mol. The minimum atomic E-state index is -0.468. The molecule has 0 atom stereocenters. The number of rotatable bonds is 0. The summed E-state index contributed by atoms with van der Waals surface area (Å²) in [5.74, 6) is 0. The topological polar surface area (TPSA) is 56.2 Å². The van der Waals surface area contributed by atoms with Gasteiger partial charge in [-0.3, -0.25) is 0 Å². The van der Waals surface area contributed by atoms with Gasteiger partial charge in [-0.2, -0.15) is 0 Å². The van der Waals surface area contributed by atoms with Gasteiger partial charge in [0.15, 0.2) is 0 Å². The SMILES string of the molecule is Cc1cc(C)c2oc(=O)c(N)cc2c1. The Morgan fingerprint density at radius 1 is 1.21 bits per heavy atom. The molecule has 3 nitrogen and oxygen atoms in total. The maximum absolute atomic E-state index is 11.2. The lowest BCUT2D eigenvalue weighted by Gasteiger charge is -2.02. The zero-order valence-electron chi connectivity index (χ0n) is 8.13. The number of hydrogen-bond acceptors (Lipinski definition) is 3. The molecule has 0 saturated carbocycles. The molecule has 0 bridgehead atoms. The van der Waals surface area contributed by atoms with E-state index in [2.05, 4.69) is 0 Å². The highest BCUT2D eigenvalue weighted by Gasteiger charge is 2.04. The summed E-state index contributed by atoms with van der Waals surface area (Å²) in [6.45, 7) is 3.90. The first-order chi connectivity index (χ1) is 6.58. The quantitative estimate of drug-likeness (QED) is 0.645. The van der Waals surface area contributed by atoms with Crippen LogP contribution >= 0.6 is 0 Å². The number of hydrogen-bond donors (Lipinski definition) is 1. The molecule has 0 radical (unpaired) electrons. The normalized spacial score (nSPS) is 10.7. The van der Waals surface area contributed by atoms with Gasteiger partial charge in [0.05, 0.1) is 0 Å². The number of fused-ring (bicyclic) bond motifs is 1. The summed E-state index contributed by atoms with van der Waals surface area (Å²) < 4.78 is 5.10. The van der Waals surface area contributed by atoms with Gasteiger partial charge in [-0.1, -0.05) is 11.6 Å². The molecule has 14 heavy (non-hydrogen) atoms. The predicted octanol–water partition coefficient (Wildman–Crippen LogP) is 1.99. The van der Waals surface area contributed by atoms with Crippen LogP contribution in [0, 0.1) is 13.8 Å². The van der Waals surface area contributed by atoms with E-state index in [1.807, 2.05) is 26.0 Å². The van der Waals surface area contributed by atoms with E-state index in [0.717, 1.165) is 16.5 Å². The van der Waals surface area contributed by atoms with Crippen molar-refractivity contribution in [3.05, 3.63) is 39.7 Å². The fourth-order valence-corrected chi connectivity index (χ4v) is 1.61. The molecule has 1 aromatic heterocycles. The lowest BCUT2D eigenvalue weighted by atomic mass is 10.1. The van der Waals surface area contributed by atoms with Crippen molar-refractivity contribution in [1.82, 2.24) is 0 Å². The van der Waals surface area contributed by atoms with Crippen molar-refractivity contribution >= 4 is 16.7 Å². The highest BCUT2D eigenvalue weighted by atomic mass is 16.4. The Morgan fingerprint density at radius 3 is 2.64 bits per heavy atom. The summed E-state index contributed by atoms with van der Waals surface area (Å²) in [7, 11) is 0. The molecule has 72 valence electrons. The van der Waals surface area contributed by atoms with Gasteiger partial charge >= 0.3 is 5.63 Å². The molecule has 0 saturated heterocycles. The van der Waals surface area contributed by atoms with E-state index in [0.29, 0.717) is 5.58 Å². The molecule has 0 aliphatic rings. The molecule has 1 heterocycles. The molecule has 3 heteroatoms. The standard InChI is InChI=1S/C11H11NO2/c1-6-3-7(2)10-8(4-6)5-9(12)11(13)14-10/h3-5H,12H2,1-2H3. The third-order valence-corrected chi connectivity index (χ3v) is 2.19. The molecule has 0 aliphatic carbocycles. The van der Waals surface area contributed by atoms with E-state index >= 15 is 0 Å². The van der Waals surface area contributed by atoms with Crippen LogP contribution in [0.25, 0.3) is 11.0 Å². The molecular formula is C11H11NO2. The summed E-state index contributed by atoms with van der Waals surface area (Å²) in [6, 6.07) is 5.57.